The Kier molecular flexibility index (Phi) is 2.56. The van der Waals surface area contributed by atoms with Crippen molar-refractivity contribution in [3.8, 4) is 11.6 Å². The second-order valence-electron chi connectivity index (χ2n) is 4.20. The van der Waals surface area contributed by atoms with Crippen molar-refractivity contribution in [2.75, 3.05) is 12.8 Å². The highest BCUT2D eigenvalue weighted by molar-refractivity contribution is 5.81. The topological polar surface area (TPSA) is 78.8 Å². The van der Waals surface area contributed by atoms with Crippen LogP contribution in [0.25, 0.3) is 16.9 Å². The molecular weight excluding hydrogens is 242 g/mol. The molecule has 0 unspecified atom stereocenters. The fourth-order valence-electron chi connectivity index (χ4n) is 1.99. The number of methoxy groups -OCH3 is 1. The van der Waals surface area contributed by atoms with Gasteiger partial charge in [0.2, 0.25) is 11.8 Å². The second kappa shape index (κ2) is 4.24. The number of fused-ring (bicyclic) bond motifs is 1. The van der Waals surface area contributed by atoms with E-state index in [1.165, 1.54) is 11.9 Å². The number of ether oxygens (including phenoxy) is 1. The number of rotatable bonds is 2. The number of benzene rings is 1. The molecule has 1 aromatic carbocycles. The lowest BCUT2D eigenvalue weighted by Crippen LogP contribution is -2.01. The molecule has 3 rings (SSSR count). The summed E-state index contributed by atoms with van der Waals surface area (Å²) in [5.74, 6) is 0.778. The minimum absolute atomic E-state index is 0.359. The highest BCUT2D eigenvalue weighted by Crippen LogP contribution is 2.26. The molecule has 0 aliphatic heterocycles. The van der Waals surface area contributed by atoms with Gasteiger partial charge in [-0.15, -0.1) is 0 Å². The summed E-state index contributed by atoms with van der Waals surface area (Å²) in [7, 11) is 1.54. The van der Waals surface area contributed by atoms with Crippen LogP contribution in [-0.2, 0) is 0 Å². The number of nitrogen functional groups attached to an aromatic ring is 1. The molecule has 0 bridgehead atoms. The molecule has 2 heterocycles. The van der Waals surface area contributed by atoms with Gasteiger partial charge in [0.05, 0.1) is 12.8 Å². The van der Waals surface area contributed by atoms with Crippen LogP contribution in [-0.4, -0.2) is 26.6 Å². The van der Waals surface area contributed by atoms with E-state index in [0.29, 0.717) is 23.0 Å². The first-order chi connectivity index (χ1) is 9.20. The fourth-order valence-corrected chi connectivity index (χ4v) is 1.99. The zero-order valence-corrected chi connectivity index (χ0v) is 10.7. The summed E-state index contributed by atoms with van der Waals surface area (Å²) in [6, 6.07) is 7.97. The maximum absolute atomic E-state index is 5.98. The third-order valence-corrected chi connectivity index (χ3v) is 2.92. The lowest BCUT2D eigenvalue weighted by Gasteiger charge is -2.06. The van der Waals surface area contributed by atoms with E-state index in [0.717, 1.165) is 5.69 Å². The summed E-state index contributed by atoms with van der Waals surface area (Å²) in [6.07, 6.45) is 1.44. The number of aryl methyl sites for hydroxylation is 1. The predicted molar refractivity (Wildman–Crippen MR) is 72.4 cm³/mol. The Morgan fingerprint density at radius 1 is 1.16 bits per heavy atom. The molecule has 2 aromatic heterocycles. The zero-order valence-electron chi connectivity index (χ0n) is 10.7. The van der Waals surface area contributed by atoms with Crippen molar-refractivity contribution in [1.82, 2.24) is 19.5 Å². The van der Waals surface area contributed by atoms with Crippen molar-refractivity contribution < 1.29 is 4.74 Å². The van der Waals surface area contributed by atoms with Crippen molar-refractivity contribution in [2.45, 2.75) is 6.92 Å². The highest BCUT2D eigenvalue weighted by atomic mass is 16.5. The van der Waals surface area contributed by atoms with Crippen molar-refractivity contribution in [3.05, 3.63) is 36.2 Å². The number of imidazole rings is 1. The summed E-state index contributed by atoms with van der Waals surface area (Å²) in [6.45, 7) is 2.03. The van der Waals surface area contributed by atoms with Crippen LogP contribution in [0.4, 0.5) is 5.95 Å². The number of nitrogens with two attached hydrogens (primary N) is 1. The van der Waals surface area contributed by atoms with Crippen LogP contribution in [0.5, 0.6) is 5.88 Å². The molecule has 0 spiro atoms. The van der Waals surface area contributed by atoms with E-state index >= 15 is 0 Å². The van der Waals surface area contributed by atoms with E-state index < -0.39 is 0 Å². The molecular formula is C13H13N5O. The van der Waals surface area contributed by atoms with Crippen molar-refractivity contribution in [3.63, 3.8) is 0 Å². The van der Waals surface area contributed by atoms with Gasteiger partial charge in [-0.1, -0.05) is 17.7 Å². The van der Waals surface area contributed by atoms with Gasteiger partial charge in [0.25, 0.3) is 0 Å². The Hall–Kier alpha value is -2.63. The smallest absolute Gasteiger partial charge is 0.245 e. The van der Waals surface area contributed by atoms with Gasteiger partial charge in [-0.25, -0.2) is 9.97 Å². The third kappa shape index (κ3) is 1.77. The van der Waals surface area contributed by atoms with Crippen LogP contribution >= 0.6 is 0 Å². The molecule has 0 saturated carbocycles. The van der Waals surface area contributed by atoms with E-state index in [1.54, 1.807) is 11.7 Å². The van der Waals surface area contributed by atoms with Gasteiger partial charge in [-0.2, -0.15) is 4.98 Å². The molecule has 0 aliphatic rings. The summed E-state index contributed by atoms with van der Waals surface area (Å²) < 4.78 is 6.95. The van der Waals surface area contributed by atoms with Gasteiger partial charge in [0.1, 0.15) is 6.33 Å². The van der Waals surface area contributed by atoms with Crippen LogP contribution in [0.15, 0.2) is 30.6 Å². The molecule has 0 aliphatic carbocycles. The summed E-state index contributed by atoms with van der Waals surface area (Å²) in [4.78, 5) is 12.5. The average molecular weight is 255 g/mol. The van der Waals surface area contributed by atoms with Crippen molar-refractivity contribution >= 4 is 17.1 Å². The zero-order chi connectivity index (χ0) is 13.4. The summed E-state index contributed by atoms with van der Waals surface area (Å²) in [5, 5.41) is 0. The van der Waals surface area contributed by atoms with E-state index in [4.69, 9.17) is 10.5 Å². The first-order valence-electron chi connectivity index (χ1n) is 5.80. The number of nitrogens with zero attached hydrogens (tertiary/aromatic N) is 4. The van der Waals surface area contributed by atoms with E-state index in [1.807, 2.05) is 31.2 Å². The first-order valence-corrected chi connectivity index (χ1v) is 5.80. The Balaban J connectivity index is 2.29. The number of hydrogen-bond acceptors (Lipinski definition) is 5. The van der Waals surface area contributed by atoms with Crippen molar-refractivity contribution in [2.24, 2.45) is 0 Å². The largest absolute Gasteiger partial charge is 0.479 e. The molecule has 0 fully saturated rings. The van der Waals surface area contributed by atoms with E-state index in [2.05, 4.69) is 15.0 Å². The molecule has 6 heteroatoms. The Bertz CT molecular complexity index is 733. The molecule has 96 valence electrons. The number of aromatic nitrogens is 4. The highest BCUT2D eigenvalue weighted by Gasteiger charge is 2.15. The molecule has 6 nitrogen and oxygen atoms in total. The van der Waals surface area contributed by atoms with Gasteiger partial charge in [0, 0.05) is 0 Å². The van der Waals surface area contributed by atoms with Gasteiger partial charge in [0.15, 0.2) is 11.2 Å². The van der Waals surface area contributed by atoms with Crippen LogP contribution < -0.4 is 10.5 Å². The maximum Gasteiger partial charge on any atom is 0.245 e. The molecule has 0 atom stereocenters. The molecule has 2 N–H and O–H groups in total. The molecule has 0 amide bonds. The Morgan fingerprint density at radius 2 is 1.89 bits per heavy atom. The van der Waals surface area contributed by atoms with Crippen LogP contribution in [0.2, 0.25) is 0 Å². The van der Waals surface area contributed by atoms with Gasteiger partial charge in [-0.05, 0) is 19.1 Å². The van der Waals surface area contributed by atoms with Gasteiger partial charge >= 0.3 is 0 Å². The number of anilines is 1. The standard InChI is InChI=1S/C13H13N5O/c1-8-3-5-9(6-4-8)18-11-10(17-13(18)14)12(19-2)16-7-15-11/h3-7H,1-2H3,(H2,14,17). The molecule has 0 radical (unpaired) electrons. The maximum atomic E-state index is 5.98. The van der Waals surface area contributed by atoms with Crippen LogP contribution in [0.3, 0.4) is 0 Å². The monoisotopic (exact) mass is 255 g/mol. The minimum atomic E-state index is 0.359. The molecule has 0 saturated heterocycles. The minimum Gasteiger partial charge on any atom is -0.479 e. The number of hydrogen-bond donors (Lipinski definition) is 1. The molecule has 19 heavy (non-hydrogen) atoms. The summed E-state index contributed by atoms with van der Waals surface area (Å²) in [5.41, 5.74) is 9.25. The van der Waals surface area contributed by atoms with E-state index in [9.17, 15) is 0 Å². The molecule has 3 aromatic rings. The Labute approximate surface area is 109 Å². The van der Waals surface area contributed by atoms with Gasteiger partial charge < -0.3 is 10.5 Å². The lowest BCUT2D eigenvalue weighted by atomic mass is 10.2. The first kappa shape index (κ1) is 11.5. The predicted octanol–water partition coefficient (Wildman–Crippen LogP) is 1.71. The normalized spacial score (nSPS) is 10.8. The van der Waals surface area contributed by atoms with Crippen LogP contribution in [0.1, 0.15) is 5.56 Å². The SMILES string of the molecule is COc1ncnc2c1nc(N)n2-c1ccc(C)cc1. The summed E-state index contributed by atoms with van der Waals surface area (Å²) >= 11 is 0. The quantitative estimate of drug-likeness (QED) is 0.754. The fraction of sp³-hybridized carbons (Fsp3) is 0.154. The Morgan fingerprint density at radius 3 is 2.58 bits per heavy atom. The van der Waals surface area contributed by atoms with Crippen LogP contribution in [0, 0.1) is 6.92 Å². The van der Waals surface area contributed by atoms with Crippen molar-refractivity contribution in [1.29, 1.82) is 0 Å². The average Bonchev–Trinajstić information content (AvgIpc) is 2.76. The second-order valence-corrected chi connectivity index (χ2v) is 4.20. The lowest BCUT2D eigenvalue weighted by molar-refractivity contribution is 0.401. The van der Waals surface area contributed by atoms with E-state index in [-0.39, 0.29) is 0 Å². The van der Waals surface area contributed by atoms with Gasteiger partial charge in [-0.3, -0.25) is 4.57 Å². The third-order valence-electron chi connectivity index (χ3n) is 2.92.